The molecule has 2 atom stereocenters. The molecule has 5 nitrogen and oxygen atoms in total. The summed E-state index contributed by atoms with van der Waals surface area (Å²) in [5.74, 6) is 2.57. The summed E-state index contributed by atoms with van der Waals surface area (Å²) in [6.07, 6.45) is 4.18. The molecular weight excluding hydrogens is 274 g/mol. The molecule has 6 heteroatoms. The molecule has 108 valence electrons. The Morgan fingerprint density at radius 3 is 3.10 bits per heavy atom. The smallest absolute Gasteiger partial charge is 0.268 e. The van der Waals surface area contributed by atoms with E-state index in [1.54, 1.807) is 7.11 Å². The van der Waals surface area contributed by atoms with Gasteiger partial charge in [-0.15, -0.1) is 11.3 Å². The number of methoxy groups -OCH3 is 1. The summed E-state index contributed by atoms with van der Waals surface area (Å²) in [5.41, 5.74) is 6.04. The Bertz CT molecular complexity index is 595. The lowest BCUT2D eigenvalue weighted by atomic mass is 9.76. The Morgan fingerprint density at radius 1 is 1.55 bits per heavy atom. The quantitative estimate of drug-likeness (QED) is 0.940. The van der Waals surface area contributed by atoms with Gasteiger partial charge < -0.3 is 15.0 Å². The van der Waals surface area contributed by atoms with Crippen LogP contribution in [0.3, 0.4) is 0 Å². The molecule has 2 aromatic rings. The van der Waals surface area contributed by atoms with Crippen LogP contribution in [-0.4, -0.2) is 17.3 Å². The fraction of sp³-hybridized carbons (Fsp3) is 0.571. The minimum atomic E-state index is -0.444. The second kappa shape index (κ2) is 5.18. The highest BCUT2D eigenvalue weighted by molar-refractivity contribution is 7.13. The van der Waals surface area contributed by atoms with E-state index in [0.717, 1.165) is 29.9 Å². The number of ether oxygens (including phenoxy) is 1. The lowest BCUT2D eigenvalue weighted by Gasteiger charge is -2.33. The summed E-state index contributed by atoms with van der Waals surface area (Å²) < 4.78 is 10.5. The maximum atomic E-state index is 6.49. The van der Waals surface area contributed by atoms with Gasteiger partial charge in [0.05, 0.1) is 17.5 Å². The molecule has 2 unspecified atom stereocenters. The van der Waals surface area contributed by atoms with E-state index in [0.29, 0.717) is 17.6 Å². The lowest BCUT2D eigenvalue weighted by molar-refractivity contribution is 0.222. The second-order valence-electron chi connectivity index (χ2n) is 5.63. The van der Waals surface area contributed by atoms with Crippen LogP contribution in [0.5, 0.6) is 5.75 Å². The molecule has 0 saturated heterocycles. The molecule has 1 saturated carbocycles. The Balaban J connectivity index is 1.86. The first-order valence-corrected chi connectivity index (χ1v) is 7.75. The van der Waals surface area contributed by atoms with Crippen LogP contribution in [-0.2, 0) is 5.54 Å². The van der Waals surface area contributed by atoms with E-state index < -0.39 is 5.54 Å². The van der Waals surface area contributed by atoms with E-state index in [1.807, 2.05) is 11.4 Å². The number of aromatic nitrogens is 2. The fourth-order valence-corrected chi connectivity index (χ4v) is 3.63. The minimum absolute atomic E-state index is 0.444. The fourth-order valence-electron chi connectivity index (χ4n) is 2.86. The molecule has 1 fully saturated rings. The third-order valence-corrected chi connectivity index (χ3v) is 4.82. The zero-order valence-electron chi connectivity index (χ0n) is 11.8. The Kier molecular flexibility index (Phi) is 3.52. The van der Waals surface area contributed by atoms with Crippen LogP contribution < -0.4 is 10.5 Å². The van der Waals surface area contributed by atoms with Gasteiger partial charge in [0, 0.05) is 11.4 Å². The van der Waals surface area contributed by atoms with Gasteiger partial charge in [-0.25, -0.2) is 0 Å². The SMILES string of the molecule is COc1csc(-c2nc(C3(N)CCCC(C)C3)no2)c1. The first-order valence-electron chi connectivity index (χ1n) is 6.87. The van der Waals surface area contributed by atoms with Crippen LogP contribution >= 0.6 is 11.3 Å². The molecule has 0 aliphatic heterocycles. The second-order valence-corrected chi connectivity index (χ2v) is 6.54. The van der Waals surface area contributed by atoms with Crippen molar-refractivity contribution in [3.8, 4) is 16.5 Å². The molecular formula is C14H19N3O2S. The molecule has 20 heavy (non-hydrogen) atoms. The predicted octanol–water partition coefficient (Wildman–Crippen LogP) is 3.17. The van der Waals surface area contributed by atoms with E-state index in [4.69, 9.17) is 15.0 Å². The maximum Gasteiger partial charge on any atom is 0.268 e. The van der Waals surface area contributed by atoms with Crippen LogP contribution in [0.1, 0.15) is 38.4 Å². The molecule has 2 heterocycles. The third kappa shape index (κ3) is 2.45. The van der Waals surface area contributed by atoms with Crippen molar-refractivity contribution in [3.05, 3.63) is 17.3 Å². The van der Waals surface area contributed by atoms with Gasteiger partial charge in [-0.1, -0.05) is 24.9 Å². The van der Waals surface area contributed by atoms with Gasteiger partial charge in [0.25, 0.3) is 5.89 Å². The van der Waals surface area contributed by atoms with Crippen molar-refractivity contribution >= 4 is 11.3 Å². The van der Waals surface area contributed by atoms with Crippen molar-refractivity contribution in [2.24, 2.45) is 11.7 Å². The highest BCUT2D eigenvalue weighted by atomic mass is 32.1. The normalized spacial score (nSPS) is 26.6. The molecule has 1 aliphatic rings. The van der Waals surface area contributed by atoms with Gasteiger partial charge in [0.1, 0.15) is 5.75 Å². The molecule has 0 spiro atoms. The van der Waals surface area contributed by atoms with Crippen LogP contribution in [0.4, 0.5) is 0 Å². The van der Waals surface area contributed by atoms with Gasteiger partial charge in [-0.3, -0.25) is 0 Å². The Morgan fingerprint density at radius 2 is 2.40 bits per heavy atom. The monoisotopic (exact) mass is 293 g/mol. The van der Waals surface area contributed by atoms with E-state index >= 15 is 0 Å². The minimum Gasteiger partial charge on any atom is -0.496 e. The number of nitrogens with zero attached hydrogens (tertiary/aromatic N) is 2. The maximum absolute atomic E-state index is 6.49. The highest BCUT2D eigenvalue weighted by Gasteiger charge is 2.37. The van der Waals surface area contributed by atoms with Gasteiger partial charge in [0.15, 0.2) is 5.82 Å². The van der Waals surface area contributed by atoms with Crippen molar-refractivity contribution in [2.75, 3.05) is 7.11 Å². The zero-order chi connectivity index (χ0) is 14.2. The average Bonchev–Trinajstić information content (AvgIpc) is 3.07. The van der Waals surface area contributed by atoms with Gasteiger partial charge in [-0.2, -0.15) is 4.98 Å². The van der Waals surface area contributed by atoms with E-state index in [1.165, 1.54) is 17.8 Å². The number of hydrogen-bond donors (Lipinski definition) is 1. The van der Waals surface area contributed by atoms with Crippen molar-refractivity contribution in [1.29, 1.82) is 0 Å². The molecule has 0 aromatic carbocycles. The number of hydrogen-bond acceptors (Lipinski definition) is 6. The summed E-state index contributed by atoms with van der Waals surface area (Å²) in [5, 5.41) is 6.03. The lowest BCUT2D eigenvalue weighted by Crippen LogP contribution is -2.42. The van der Waals surface area contributed by atoms with Gasteiger partial charge in [-0.05, 0) is 18.8 Å². The molecule has 2 N–H and O–H groups in total. The van der Waals surface area contributed by atoms with Crippen LogP contribution in [0.25, 0.3) is 10.8 Å². The van der Waals surface area contributed by atoms with Crippen molar-refractivity contribution in [3.63, 3.8) is 0 Å². The average molecular weight is 293 g/mol. The number of rotatable bonds is 3. The number of thiophene rings is 1. The summed E-state index contributed by atoms with van der Waals surface area (Å²) in [6, 6.07) is 1.90. The Labute approximate surface area is 122 Å². The molecule has 1 aliphatic carbocycles. The zero-order valence-corrected chi connectivity index (χ0v) is 12.6. The molecule has 3 rings (SSSR count). The summed E-state index contributed by atoms with van der Waals surface area (Å²) in [7, 11) is 1.64. The van der Waals surface area contributed by atoms with Gasteiger partial charge in [0.2, 0.25) is 0 Å². The first kappa shape index (κ1) is 13.6. The van der Waals surface area contributed by atoms with Gasteiger partial charge >= 0.3 is 0 Å². The highest BCUT2D eigenvalue weighted by Crippen LogP contribution is 2.38. The summed E-state index contributed by atoms with van der Waals surface area (Å²) >= 11 is 1.52. The molecule has 2 aromatic heterocycles. The number of nitrogens with two attached hydrogens (primary N) is 1. The van der Waals surface area contributed by atoms with Crippen molar-refractivity contribution in [2.45, 2.75) is 38.1 Å². The third-order valence-electron chi connectivity index (χ3n) is 3.93. The van der Waals surface area contributed by atoms with Crippen LogP contribution in [0.2, 0.25) is 0 Å². The van der Waals surface area contributed by atoms with Crippen LogP contribution in [0, 0.1) is 5.92 Å². The van der Waals surface area contributed by atoms with Crippen molar-refractivity contribution in [1.82, 2.24) is 10.1 Å². The van der Waals surface area contributed by atoms with E-state index in [2.05, 4.69) is 17.1 Å². The topological polar surface area (TPSA) is 74.2 Å². The van der Waals surface area contributed by atoms with E-state index in [-0.39, 0.29) is 0 Å². The van der Waals surface area contributed by atoms with E-state index in [9.17, 15) is 0 Å². The summed E-state index contributed by atoms with van der Waals surface area (Å²) in [6.45, 7) is 2.23. The molecule has 0 bridgehead atoms. The Hall–Kier alpha value is -1.40. The standard InChI is InChI=1S/C14H19N3O2S/c1-9-4-3-5-14(15,7-9)13-16-12(19-17-13)11-6-10(18-2)8-20-11/h6,8-9H,3-5,7,15H2,1-2H3. The predicted molar refractivity (Wildman–Crippen MR) is 77.7 cm³/mol. The summed E-state index contributed by atoms with van der Waals surface area (Å²) in [4.78, 5) is 5.42. The van der Waals surface area contributed by atoms with Crippen molar-refractivity contribution < 1.29 is 9.26 Å². The first-order chi connectivity index (χ1) is 9.60. The molecule has 0 amide bonds. The van der Waals surface area contributed by atoms with Crippen LogP contribution in [0.15, 0.2) is 16.0 Å². The largest absolute Gasteiger partial charge is 0.496 e. The molecule has 0 radical (unpaired) electrons.